The molecule has 0 saturated carbocycles. The fourth-order valence-electron chi connectivity index (χ4n) is 1.62. The molecule has 17 heavy (non-hydrogen) atoms. The lowest BCUT2D eigenvalue weighted by atomic mass is 9.88. The number of aliphatic hydroxyl groups is 1. The van der Waals surface area contributed by atoms with E-state index in [1.54, 1.807) is 0 Å². The summed E-state index contributed by atoms with van der Waals surface area (Å²) in [6, 6.07) is 0. The molecule has 1 amide bonds. The van der Waals surface area contributed by atoms with Crippen LogP contribution in [0.5, 0.6) is 0 Å². The average molecular weight is 248 g/mol. The molecule has 0 fully saturated rings. The van der Waals surface area contributed by atoms with Crippen LogP contribution in [0, 0.1) is 16.0 Å². The summed E-state index contributed by atoms with van der Waals surface area (Å²) in [4.78, 5) is 20.6. The third kappa shape index (κ3) is 6.72. The van der Waals surface area contributed by atoms with Crippen molar-refractivity contribution >= 4 is 6.09 Å². The summed E-state index contributed by atoms with van der Waals surface area (Å²) in [6.07, 6.45) is 0.319. The number of hydrogen-bond donors (Lipinski definition) is 3. The molecule has 0 heterocycles. The van der Waals surface area contributed by atoms with Crippen LogP contribution in [0.4, 0.5) is 4.79 Å². The summed E-state index contributed by atoms with van der Waals surface area (Å²) < 4.78 is 0. The highest BCUT2D eigenvalue weighted by Crippen LogP contribution is 2.22. The van der Waals surface area contributed by atoms with Gasteiger partial charge < -0.3 is 15.5 Å². The molecule has 7 heteroatoms. The van der Waals surface area contributed by atoms with Crippen molar-refractivity contribution in [3.05, 3.63) is 10.1 Å². The molecule has 0 aromatic heterocycles. The molecule has 0 aliphatic carbocycles. The van der Waals surface area contributed by atoms with Crippen LogP contribution in [0.3, 0.4) is 0 Å². The smallest absolute Gasteiger partial charge is 0.404 e. The number of carbonyl (C=O) groups is 1. The van der Waals surface area contributed by atoms with Gasteiger partial charge in [0.15, 0.2) is 0 Å². The highest BCUT2D eigenvalue weighted by Gasteiger charge is 2.33. The number of nitrogens with zero attached hydrogens (tertiary/aromatic N) is 1. The van der Waals surface area contributed by atoms with Crippen LogP contribution < -0.4 is 5.32 Å². The van der Waals surface area contributed by atoms with Crippen molar-refractivity contribution in [2.45, 2.75) is 38.6 Å². The summed E-state index contributed by atoms with van der Waals surface area (Å²) >= 11 is 0. The molecule has 0 rings (SSSR count). The van der Waals surface area contributed by atoms with Crippen molar-refractivity contribution in [3.8, 4) is 0 Å². The third-order valence-electron chi connectivity index (χ3n) is 2.61. The van der Waals surface area contributed by atoms with E-state index < -0.39 is 11.6 Å². The van der Waals surface area contributed by atoms with E-state index in [2.05, 4.69) is 5.32 Å². The Labute approximate surface area is 100.0 Å². The van der Waals surface area contributed by atoms with E-state index in [4.69, 9.17) is 10.2 Å². The van der Waals surface area contributed by atoms with Crippen molar-refractivity contribution < 1.29 is 19.9 Å². The Kier molecular flexibility index (Phi) is 6.48. The number of hydrogen-bond acceptors (Lipinski definition) is 4. The largest absolute Gasteiger partial charge is 0.465 e. The van der Waals surface area contributed by atoms with Crippen molar-refractivity contribution in [1.29, 1.82) is 0 Å². The topological polar surface area (TPSA) is 113 Å². The number of aliphatic hydroxyl groups excluding tert-OH is 1. The van der Waals surface area contributed by atoms with Gasteiger partial charge in [0.1, 0.15) is 0 Å². The van der Waals surface area contributed by atoms with Crippen LogP contribution in [-0.2, 0) is 0 Å². The number of rotatable bonds is 8. The van der Waals surface area contributed by atoms with Crippen LogP contribution in [0.15, 0.2) is 0 Å². The second-order valence-corrected chi connectivity index (χ2v) is 4.70. The quantitative estimate of drug-likeness (QED) is 0.338. The maximum atomic E-state index is 10.7. The SMILES string of the molecule is CC(C)(C[C@H](CO)CCCNC(=O)O)[N+](=O)[O-]. The minimum absolute atomic E-state index is 0.121. The Morgan fingerprint density at radius 3 is 2.53 bits per heavy atom. The highest BCUT2D eigenvalue weighted by atomic mass is 16.6. The van der Waals surface area contributed by atoms with Crippen LogP contribution in [-0.4, -0.2) is 39.9 Å². The highest BCUT2D eigenvalue weighted by molar-refractivity contribution is 5.64. The molecule has 0 spiro atoms. The molecule has 0 aromatic carbocycles. The lowest BCUT2D eigenvalue weighted by Crippen LogP contribution is -2.34. The van der Waals surface area contributed by atoms with Gasteiger partial charge in [-0.05, 0) is 18.8 Å². The zero-order valence-corrected chi connectivity index (χ0v) is 10.2. The summed E-state index contributed by atoms with van der Waals surface area (Å²) in [5.41, 5.74) is -1.06. The molecular weight excluding hydrogens is 228 g/mol. The Hall–Kier alpha value is -1.37. The molecule has 0 aliphatic heterocycles. The summed E-state index contributed by atoms with van der Waals surface area (Å²) in [6.45, 7) is 3.21. The predicted octanol–water partition coefficient (Wildman–Crippen LogP) is 1.09. The molecule has 7 nitrogen and oxygen atoms in total. The molecular formula is C10H20N2O5. The maximum absolute atomic E-state index is 10.7. The molecule has 0 radical (unpaired) electrons. The van der Waals surface area contributed by atoms with Crippen molar-refractivity contribution in [3.63, 3.8) is 0 Å². The first kappa shape index (κ1) is 15.6. The molecule has 100 valence electrons. The lowest BCUT2D eigenvalue weighted by Gasteiger charge is -2.21. The van der Waals surface area contributed by atoms with Gasteiger partial charge in [-0.1, -0.05) is 0 Å². The van der Waals surface area contributed by atoms with E-state index in [-0.39, 0.29) is 23.9 Å². The van der Waals surface area contributed by atoms with Gasteiger partial charge in [0.05, 0.1) is 0 Å². The van der Waals surface area contributed by atoms with E-state index in [0.29, 0.717) is 19.4 Å². The summed E-state index contributed by atoms with van der Waals surface area (Å²) in [5, 5.41) is 30.4. The Balaban J connectivity index is 4.00. The van der Waals surface area contributed by atoms with Gasteiger partial charge in [-0.2, -0.15) is 0 Å². The minimum atomic E-state index is -1.09. The first-order valence-corrected chi connectivity index (χ1v) is 5.51. The molecule has 0 aromatic rings. The first-order chi connectivity index (χ1) is 7.79. The molecule has 0 aliphatic rings. The van der Waals surface area contributed by atoms with Crippen molar-refractivity contribution in [2.24, 2.45) is 5.92 Å². The van der Waals surface area contributed by atoms with Crippen LogP contribution in [0.2, 0.25) is 0 Å². The number of carboxylic acid groups (broad SMARTS) is 1. The molecule has 1 atom stereocenters. The van der Waals surface area contributed by atoms with Gasteiger partial charge in [-0.15, -0.1) is 0 Å². The van der Waals surface area contributed by atoms with E-state index in [1.807, 2.05) is 0 Å². The van der Waals surface area contributed by atoms with Crippen LogP contribution in [0.1, 0.15) is 33.1 Å². The second kappa shape index (κ2) is 7.05. The maximum Gasteiger partial charge on any atom is 0.404 e. The zero-order valence-electron chi connectivity index (χ0n) is 10.2. The second-order valence-electron chi connectivity index (χ2n) is 4.70. The van der Waals surface area contributed by atoms with E-state index in [1.165, 1.54) is 13.8 Å². The van der Waals surface area contributed by atoms with Gasteiger partial charge in [-0.3, -0.25) is 10.1 Å². The van der Waals surface area contributed by atoms with E-state index in [9.17, 15) is 14.9 Å². The Morgan fingerprint density at radius 1 is 1.53 bits per heavy atom. The molecule has 0 unspecified atom stereocenters. The van der Waals surface area contributed by atoms with Crippen molar-refractivity contribution in [2.75, 3.05) is 13.2 Å². The van der Waals surface area contributed by atoms with Gasteiger partial charge in [0, 0.05) is 38.3 Å². The number of nitro groups is 1. The normalized spacial score (nSPS) is 13.1. The standard InChI is InChI=1S/C10H20N2O5/c1-10(2,12(16)17)6-8(7-13)4-3-5-11-9(14)15/h8,11,13H,3-7H2,1-2H3,(H,14,15)/t8-/m1/s1. The molecule has 0 saturated heterocycles. The van der Waals surface area contributed by atoms with Gasteiger partial charge in [0.2, 0.25) is 5.54 Å². The Bertz CT molecular complexity index is 267. The summed E-state index contributed by atoms with van der Waals surface area (Å²) in [7, 11) is 0. The lowest BCUT2D eigenvalue weighted by molar-refractivity contribution is -0.563. The fourth-order valence-corrected chi connectivity index (χ4v) is 1.62. The molecule has 3 N–H and O–H groups in total. The first-order valence-electron chi connectivity index (χ1n) is 5.51. The number of amides is 1. The van der Waals surface area contributed by atoms with Crippen LogP contribution in [0.25, 0.3) is 0 Å². The Morgan fingerprint density at radius 2 is 2.12 bits per heavy atom. The van der Waals surface area contributed by atoms with Crippen LogP contribution >= 0.6 is 0 Å². The summed E-state index contributed by atoms with van der Waals surface area (Å²) in [5.74, 6) is -0.175. The van der Waals surface area contributed by atoms with E-state index >= 15 is 0 Å². The van der Waals surface area contributed by atoms with Gasteiger partial charge in [0.25, 0.3) is 0 Å². The van der Waals surface area contributed by atoms with E-state index in [0.717, 1.165) is 0 Å². The van der Waals surface area contributed by atoms with Gasteiger partial charge >= 0.3 is 6.09 Å². The number of nitrogens with one attached hydrogen (secondary N) is 1. The monoisotopic (exact) mass is 248 g/mol. The van der Waals surface area contributed by atoms with Gasteiger partial charge in [-0.25, -0.2) is 4.79 Å². The third-order valence-corrected chi connectivity index (χ3v) is 2.61. The fraction of sp³-hybridized carbons (Fsp3) is 0.900. The van der Waals surface area contributed by atoms with Crippen molar-refractivity contribution in [1.82, 2.24) is 5.32 Å². The average Bonchev–Trinajstić information content (AvgIpc) is 2.21. The predicted molar refractivity (Wildman–Crippen MR) is 61.5 cm³/mol. The minimum Gasteiger partial charge on any atom is -0.465 e. The zero-order chi connectivity index (χ0) is 13.5. The molecule has 0 bridgehead atoms.